The minimum absolute atomic E-state index is 0.149. The molecule has 2 aliphatic rings. The van der Waals surface area contributed by atoms with Gasteiger partial charge in [-0.15, -0.1) is 0 Å². The zero-order chi connectivity index (χ0) is 27.5. The van der Waals surface area contributed by atoms with Crippen LogP contribution in [0.5, 0.6) is 17.2 Å². The summed E-state index contributed by atoms with van der Waals surface area (Å²) in [5.74, 6) is 0.221. The largest absolute Gasteiger partial charge is 0.495 e. The molecule has 1 atom stereocenters. The smallest absolute Gasteiger partial charge is 0.411 e. The zero-order valence-electron chi connectivity index (χ0n) is 20.9. The van der Waals surface area contributed by atoms with Crippen molar-refractivity contribution in [3.63, 3.8) is 0 Å². The van der Waals surface area contributed by atoms with Crippen LogP contribution in [0.1, 0.15) is 34.3 Å². The van der Waals surface area contributed by atoms with Crippen LogP contribution in [0.25, 0.3) is 0 Å². The average molecular weight is 550 g/mol. The number of imide groups is 1. The molecule has 2 heterocycles. The molecule has 0 bridgehead atoms. The first-order valence-electron chi connectivity index (χ1n) is 12.1. The van der Waals surface area contributed by atoms with Crippen LogP contribution in [-0.2, 0) is 27.5 Å². The highest BCUT2D eigenvalue weighted by Crippen LogP contribution is 2.36. The number of ether oxygens (including phenoxy) is 3. The number of carbonyl (C=O) groups excluding carboxylic acids is 4. The van der Waals surface area contributed by atoms with Crippen molar-refractivity contribution in [2.24, 2.45) is 0 Å². The third-order valence-corrected chi connectivity index (χ3v) is 6.66. The normalized spacial score (nSPS) is 16.4. The lowest BCUT2D eigenvalue weighted by Crippen LogP contribution is -2.52. The van der Waals surface area contributed by atoms with Crippen LogP contribution in [-0.4, -0.2) is 41.9 Å². The maximum Gasteiger partial charge on any atom is 0.411 e. The molecular formula is C28H24ClN3O7. The second-order valence-corrected chi connectivity index (χ2v) is 9.41. The van der Waals surface area contributed by atoms with Crippen molar-refractivity contribution in [1.82, 2.24) is 10.2 Å². The molecule has 0 radical (unpaired) electrons. The standard InChI is InChI=1S/C28H24ClN3O7/c1-37-25-17(6-5-16-14-32(27(35)24(16)25)22-11-12-23(33)31-26(22)34)15-38-28(36)30-19-7-9-20(10-8-19)39-21-4-2-3-18(29)13-21/h2-10,13,22H,11-12,14-15H2,1H3,(H,30,36)(H,31,33,34). The Morgan fingerprint density at radius 1 is 1.08 bits per heavy atom. The number of piperidine rings is 1. The molecule has 4 amide bonds. The van der Waals surface area contributed by atoms with Crippen molar-refractivity contribution in [1.29, 1.82) is 0 Å². The van der Waals surface area contributed by atoms with Crippen molar-refractivity contribution in [2.75, 3.05) is 12.4 Å². The first kappa shape index (κ1) is 26.1. The highest BCUT2D eigenvalue weighted by Gasteiger charge is 2.41. The van der Waals surface area contributed by atoms with Crippen LogP contribution >= 0.6 is 11.6 Å². The topological polar surface area (TPSA) is 123 Å². The Hall–Kier alpha value is -4.57. The van der Waals surface area contributed by atoms with E-state index in [0.29, 0.717) is 38.9 Å². The number of amides is 4. The minimum Gasteiger partial charge on any atom is -0.495 e. The fourth-order valence-corrected chi connectivity index (χ4v) is 4.76. The van der Waals surface area contributed by atoms with Gasteiger partial charge in [0.2, 0.25) is 11.8 Å². The second kappa shape index (κ2) is 11.0. The number of rotatable bonds is 7. The van der Waals surface area contributed by atoms with E-state index in [2.05, 4.69) is 10.6 Å². The summed E-state index contributed by atoms with van der Waals surface area (Å²) in [7, 11) is 1.42. The summed E-state index contributed by atoms with van der Waals surface area (Å²) >= 11 is 5.98. The van der Waals surface area contributed by atoms with Crippen molar-refractivity contribution in [3.8, 4) is 17.2 Å². The van der Waals surface area contributed by atoms with Gasteiger partial charge in [-0.05, 0) is 54.4 Å². The summed E-state index contributed by atoms with van der Waals surface area (Å²) in [6, 6.07) is 16.5. The van der Waals surface area contributed by atoms with E-state index in [1.165, 1.54) is 12.0 Å². The van der Waals surface area contributed by atoms with E-state index in [9.17, 15) is 19.2 Å². The molecule has 39 heavy (non-hydrogen) atoms. The summed E-state index contributed by atoms with van der Waals surface area (Å²) in [6.07, 6.45) is -0.270. The maximum absolute atomic E-state index is 13.2. The molecule has 0 aliphatic carbocycles. The molecule has 3 aromatic rings. The molecule has 0 spiro atoms. The van der Waals surface area contributed by atoms with E-state index in [4.69, 9.17) is 25.8 Å². The molecule has 10 nitrogen and oxygen atoms in total. The summed E-state index contributed by atoms with van der Waals surface area (Å²) in [6.45, 7) is 0.0688. The van der Waals surface area contributed by atoms with Crippen molar-refractivity contribution in [2.45, 2.75) is 32.0 Å². The van der Waals surface area contributed by atoms with Crippen LogP contribution in [0, 0.1) is 0 Å². The van der Waals surface area contributed by atoms with Gasteiger partial charge in [-0.2, -0.15) is 0 Å². The van der Waals surface area contributed by atoms with E-state index in [1.807, 2.05) is 0 Å². The average Bonchev–Trinajstić information content (AvgIpc) is 3.24. The molecule has 3 aromatic carbocycles. The fraction of sp³-hybridized carbons (Fsp3) is 0.214. The molecule has 5 rings (SSSR count). The number of nitrogens with one attached hydrogen (secondary N) is 2. The number of anilines is 1. The Morgan fingerprint density at radius 2 is 1.87 bits per heavy atom. The van der Waals surface area contributed by atoms with Gasteiger partial charge in [0.15, 0.2) is 0 Å². The molecular weight excluding hydrogens is 526 g/mol. The molecule has 1 fully saturated rings. The van der Waals surface area contributed by atoms with Gasteiger partial charge in [0, 0.05) is 29.2 Å². The number of halogens is 1. The zero-order valence-corrected chi connectivity index (χ0v) is 21.6. The number of hydrogen-bond acceptors (Lipinski definition) is 7. The molecule has 2 aliphatic heterocycles. The van der Waals surface area contributed by atoms with Gasteiger partial charge in [-0.25, -0.2) is 4.79 Å². The SMILES string of the molecule is COc1c(COC(=O)Nc2ccc(Oc3cccc(Cl)c3)cc2)ccc2c1C(=O)N(C1CCC(=O)NC1=O)C2. The van der Waals surface area contributed by atoms with E-state index >= 15 is 0 Å². The summed E-state index contributed by atoms with van der Waals surface area (Å²) in [5, 5.41) is 5.49. The highest BCUT2D eigenvalue weighted by molar-refractivity contribution is 6.30. The number of benzene rings is 3. The predicted molar refractivity (Wildman–Crippen MR) is 141 cm³/mol. The van der Waals surface area contributed by atoms with Crippen molar-refractivity contribution in [3.05, 3.63) is 82.4 Å². The fourth-order valence-electron chi connectivity index (χ4n) is 4.58. The Labute approximate surface area is 228 Å². The molecule has 1 unspecified atom stereocenters. The van der Waals surface area contributed by atoms with Gasteiger partial charge in [0.1, 0.15) is 29.9 Å². The van der Waals surface area contributed by atoms with Crippen LogP contribution in [0.2, 0.25) is 5.02 Å². The Kier molecular flexibility index (Phi) is 7.38. The van der Waals surface area contributed by atoms with Gasteiger partial charge in [-0.1, -0.05) is 29.8 Å². The third-order valence-electron chi connectivity index (χ3n) is 6.42. The van der Waals surface area contributed by atoms with Crippen molar-refractivity contribution < 1.29 is 33.4 Å². The lowest BCUT2D eigenvalue weighted by molar-refractivity contribution is -0.136. The number of hydrogen-bond donors (Lipinski definition) is 2. The lowest BCUT2D eigenvalue weighted by atomic mass is 10.0. The summed E-state index contributed by atoms with van der Waals surface area (Å²) < 4.78 is 16.6. The van der Waals surface area contributed by atoms with E-state index in [0.717, 1.165) is 0 Å². The molecule has 11 heteroatoms. The first-order chi connectivity index (χ1) is 18.8. The quantitative estimate of drug-likeness (QED) is 0.411. The van der Waals surface area contributed by atoms with E-state index in [1.54, 1.807) is 60.7 Å². The van der Waals surface area contributed by atoms with Gasteiger partial charge < -0.3 is 19.1 Å². The second-order valence-electron chi connectivity index (χ2n) is 8.98. The minimum atomic E-state index is -0.736. The Balaban J connectivity index is 1.21. The molecule has 1 saturated heterocycles. The van der Waals surface area contributed by atoms with Crippen molar-refractivity contribution >= 4 is 41.1 Å². The monoisotopic (exact) mass is 549 g/mol. The van der Waals surface area contributed by atoms with Crippen LogP contribution < -0.4 is 20.1 Å². The molecule has 0 saturated carbocycles. The number of methoxy groups -OCH3 is 1. The number of fused-ring (bicyclic) bond motifs is 1. The maximum atomic E-state index is 13.2. The van der Waals surface area contributed by atoms with Gasteiger partial charge in [-0.3, -0.25) is 25.0 Å². The molecule has 0 aromatic heterocycles. The van der Waals surface area contributed by atoms with Gasteiger partial charge in [0.25, 0.3) is 5.91 Å². The van der Waals surface area contributed by atoms with Crippen LogP contribution in [0.4, 0.5) is 10.5 Å². The van der Waals surface area contributed by atoms with E-state index < -0.39 is 18.0 Å². The van der Waals surface area contributed by atoms with E-state index in [-0.39, 0.29) is 43.6 Å². The summed E-state index contributed by atoms with van der Waals surface area (Å²) in [5.41, 5.74) is 2.00. The van der Waals surface area contributed by atoms with Crippen LogP contribution in [0.15, 0.2) is 60.7 Å². The van der Waals surface area contributed by atoms with Gasteiger partial charge >= 0.3 is 6.09 Å². The Morgan fingerprint density at radius 3 is 2.59 bits per heavy atom. The molecule has 200 valence electrons. The van der Waals surface area contributed by atoms with Gasteiger partial charge in [0.05, 0.1) is 12.7 Å². The molecule has 2 N–H and O–H groups in total. The predicted octanol–water partition coefficient (Wildman–Crippen LogP) is 4.65. The highest BCUT2D eigenvalue weighted by atomic mass is 35.5. The Bertz CT molecular complexity index is 1460. The number of carbonyl (C=O) groups is 4. The lowest BCUT2D eigenvalue weighted by Gasteiger charge is -2.29. The third kappa shape index (κ3) is 5.65. The van der Waals surface area contributed by atoms with Crippen LogP contribution in [0.3, 0.4) is 0 Å². The first-order valence-corrected chi connectivity index (χ1v) is 12.5. The summed E-state index contributed by atoms with van der Waals surface area (Å²) in [4.78, 5) is 50.9. The number of nitrogens with zero attached hydrogens (tertiary/aromatic N) is 1.